The summed E-state index contributed by atoms with van der Waals surface area (Å²) in [5, 5.41) is 2.73. The lowest BCUT2D eigenvalue weighted by Crippen LogP contribution is -2.02. The highest BCUT2D eigenvalue weighted by Crippen LogP contribution is 2.37. The third-order valence-electron chi connectivity index (χ3n) is 3.53. The van der Waals surface area contributed by atoms with Crippen LogP contribution in [0, 0.1) is 0 Å². The Morgan fingerprint density at radius 3 is 2.59 bits per heavy atom. The zero-order chi connectivity index (χ0) is 11.2. The van der Waals surface area contributed by atoms with Crippen molar-refractivity contribution < 1.29 is 0 Å². The van der Waals surface area contributed by atoms with Crippen LogP contribution >= 0.6 is 0 Å². The van der Waals surface area contributed by atoms with E-state index in [1.165, 1.54) is 33.2 Å². The molecule has 1 aliphatic carbocycles. The van der Waals surface area contributed by atoms with E-state index in [1.54, 1.807) is 0 Å². The molecule has 1 heteroatoms. The predicted molar refractivity (Wildman–Crippen MR) is 70.0 cm³/mol. The minimum absolute atomic E-state index is 0.949. The fraction of sp³-hybridized carbons (Fsp3) is 0.0625. The van der Waals surface area contributed by atoms with Crippen molar-refractivity contribution in [2.45, 2.75) is 6.42 Å². The van der Waals surface area contributed by atoms with Crippen LogP contribution in [0.1, 0.15) is 11.3 Å². The highest BCUT2D eigenvalue weighted by molar-refractivity contribution is 6.01. The molecule has 1 nitrogen and oxygen atoms in total. The van der Waals surface area contributed by atoms with E-state index in [2.05, 4.69) is 47.4 Å². The normalized spacial score (nSPS) is 12.5. The molecule has 0 atom stereocenters. The first-order chi connectivity index (χ1) is 8.43. The molecule has 0 saturated heterocycles. The second-order valence-electron chi connectivity index (χ2n) is 4.50. The lowest BCUT2D eigenvalue weighted by molar-refractivity contribution is 1.08. The lowest BCUT2D eigenvalue weighted by atomic mass is 9.86. The molecule has 1 aliphatic rings. The molecule has 4 rings (SSSR count). The molecule has 17 heavy (non-hydrogen) atoms. The van der Waals surface area contributed by atoms with Gasteiger partial charge in [-0.15, -0.1) is 0 Å². The summed E-state index contributed by atoms with van der Waals surface area (Å²) in [4.78, 5) is 4.51. The van der Waals surface area contributed by atoms with E-state index >= 15 is 0 Å². The van der Waals surface area contributed by atoms with Gasteiger partial charge in [0.15, 0.2) is 0 Å². The molecule has 0 spiro atoms. The maximum atomic E-state index is 4.51. The Morgan fingerprint density at radius 2 is 1.65 bits per heavy atom. The number of nitrogens with zero attached hydrogens (tertiary/aromatic N) is 1. The van der Waals surface area contributed by atoms with Crippen molar-refractivity contribution in [3.05, 3.63) is 66.0 Å². The molecule has 0 bridgehead atoms. The molecular weight excluding hydrogens is 206 g/mol. The minimum atomic E-state index is 0.949. The highest BCUT2D eigenvalue weighted by atomic mass is 14.7. The number of benzene rings is 2. The van der Waals surface area contributed by atoms with Gasteiger partial charge in [0.25, 0.3) is 0 Å². The second-order valence-corrected chi connectivity index (χ2v) is 4.50. The average molecular weight is 217 g/mol. The van der Waals surface area contributed by atoms with E-state index in [9.17, 15) is 0 Å². The summed E-state index contributed by atoms with van der Waals surface area (Å²) in [6, 6.07) is 17.2. The summed E-state index contributed by atoms with van der Waals surface area (Å²) in [6.45, 7) is 0. The van der Waals surface area contributed by atoms with Crippen molar-refractivity contribution >= 4 is 10.8 Å². The monoisotopic (exact) mass is 217 g/mol. The molecule has 1 aromatic heterocycles. The van der Waals surface area contributed by atoms with Gasteiger partial charge in [0.1, 0.15) is 0 Å². The topological polar surface area (TPSA) is 12.9 Å². The van der Waals surface area contributed by atoms with Gasteiger partial charge < -0.3 is 0 Å². The first-order valence-corrected chi connectivity index (χ1v) is 5.88. The number of pyridine rings is 1. The molecule has 2 aromatic carbocycles. The van der Waals surface area contributed by atoms with Gasteiger partial charge in [-0.1, -0.05) is 42.5 Å². The first-order valence-electron chi connectivity index (χ1n) is 5.88. The number of rotatable bonds is 0. The Morgan fingerprint density at radius 1 is 0.824 bits per heavy atom. The van der Waals surface area contributed by atoms with E-state index in [1.807, 2.05) is 12.3 Å². The van der Waals surface area contributed by atoms with Crippen molar-refractivity contribution in [3.8, 4) is 11.1 Å². The van der Waals surface area contributed by atoms with Gasteiger partial charge in [0.2, 0.25) is 0 Å². The molecule has 0 amide bonds. The zero-order valence-electron chi connectivity index (χ0n) is 9.35. The summed E-state index contributed by atoms with van der Waals surface area (Å²) in [6.07, 6.45) is 2.83. The quantitative estimate of drug-likeness (QED) is 0.436. The van der Waals surface area contributed by atoms with Crippen molar-refractivity contribution in [1.82, 2.24) is 4.98 Å². The van der Waals surface area contributed by atoms with Gasteiger partial charge in [-0.05, 0) is 28.0 Å². The Balaban J connectivity index is 2.22. The van der Waals surface area contributed by atoms with Gasteiger partial charge in [0, 0.05) is 18.2 Å². The van der Waals surface area contributed by atoms with Gasteiger partial charge in [0.05, 0.1) is 5.69 Å². The summed E-state index contributed by atoms with van der Waals surface area (Å²) in [5.74, 6) is 0. The molecule has 0 radical (unpaired) electrons. The van der Waals surface area contributed by atoms with Crippen LogP contribution in [0.5, 0.6) is 0 Å². The second kappa shape index (κ2) is 3.17. The highest BCUT2D eigenvalue weighted by Gasteiger charge is 2.17. The van der Waals surface area contributed by atoms with E-state index in [-0.39, 0.29) is 0 Å². The molecule has 3 aromatic rings. The molecule has 0 unspecified atom stereocenters. The molecule has 80 valence electrons. The number of hydrogen-bond acceptors (Lipinski definition) is 1. The summed E-state index contributed by atoms with van der Waals surface area (Å²) < 4.78 is 0. The Labute approximate surface area is 99.7 Å². The zero-order valence-corrected chi connectivity index (χ0v) is 9.35. The van der Waals surface area contributed by atoms with Crippen LogP contribution in [0.3, 0.4) is 0 Å². The number of hydrogen-bond donors (Lipinski definition) is 0. The largest absolute Gasteiger partial charge is 0.260 e. The third kappa shape index (κ3) is 1.17. The number of aromatic nitrogens is 1. The Bertz CT molecular complexity index is 723. The Hall–Kier alpha value is -2.15. The van der Waals surface area contributed by atoms with Crippen molar-refractivity contribution in [2.24, 2.45) is 0 Å². The molecule has 0 N–H and O–H groups in total. The van der Waals surface area contributed by atoms with Crippen LogP contribution in [-0.2, 0) is 6.42 Å². The van der Waals surface area contributed by atoms with Gasteiger partial charge in [-0.3, -0.25) is 4.98 Å². The Kier molecular flexibility index (Phi) is 1.67. The van der Waals surface area contributed by atoms with Crippen LogP contribution in [-0.4, -0.2) is 4.98 Å². The standard InChI is InChI=1S/C16H11N/c1-4-11-5-2-7-14-13-8-3-9-17-15(13)10-12(6-1)16(11)14/h1-9H,10H2. The maximum Gasteiger partial charge on any atom is 0.0526 e. The van der Waals surface area contributed by atoms with E-state index in [0.717, 1.165) is 6.42 Å². The number of fused-ring (bicyclic) bond motifs is 2. The first kappa shape index (κ1) is 8.94. The van der Waals surface area contributed by atoms with Crippen molar-refractivity contribution in [3.63, 3.8) is 0 Å². The molecule has 0 saturated carbocycles. The molecule has 0 aliphatic heterocycles. The van der Waals surface area contributed by atoms with E-state index in [4.69, 9.17) is 0 Å². The lowest BCUT2D eigenvalue weighted by Gasteiger charge is -2.19. The van der Waals surface area contributed by atoms with Crippen LogP contribution < -0.4 is 0 Å². The molecular formula is C16H11N. The summed E-state index contributed by atoms with van der Waals surface area (Å²) in [7, 11) is 0. The van der Waals surface area contributed by atoms with E-state index in [0.29, 0.717) is 0 Å². The summed E-state index contributed by atoms with van der Waals surface area (Å²) >= 11 is 0. The fourth-order valence-electron chi connectivity index (χ4n) is 2.79. The van der Waals surface area contributed by atoms with E-state index < -0.39 is 0 Å². The van der Waals surface area contributed by atoms with Crippen LogP contribution in [0.4, 0.5) is 0 Å². The van der Waals surface area contributed by atoms with Gasteiger partial charge >= 0.3 is 0 Å². The van der Waals surface area contributed by atoms with Crippen LogP contribution in [0.25, 0.3) is 21.9 Å². The molecule has 1 heterocycles. The van der Waals surface area contributed by atoms with Crippen LogP contribution in [0.15, 0.2) is 54.7 Å². The van der Waals surface area contributed by atoms with Crippen LogP contribution in [0.2, 0.25) is 0 Å². The van der Waals surface area contributed by atoms with Gasteiger partial charge in [-0.2, -0.15) is 0 Å². The maximum absolute atomic E-state index is 4.51. The van der Waals surface area contributed by atoms with Gasteiger partial charge in [-0.25, -0.2) is 0 Å². The fourth-order valence-corrected chi connectivity index (χ4v) is 2.79. The van der Waals surface area contributed by atoms with Crippen molar-refractivity contribution in [1.29, 1.82) is 0 Å². The smallest absolute Gasteiger partial charge is 0.0526 e. The SMILES string of the molecule is c1cnc2c(c1)-c1cccc3cccc(c13)C2. The summed E-state index contributed by atoms with van der Waals surface area (Å²) in [5.41, 5.74) is 5.20. The average Bonchev–Trinajstić information content (AvgIpc) is 2.39. The minimum Gasteiger partial charge on any atom is -0.260 e. The third-order valence-corrected chi connectivity index (χ3v) is 3.53. The molecule has 0 fully saturated rings. The van der Waals surface area contributed by atoms with Crippen molar-refractivity contribution in [2.75, 3.05) is 0 Å². The predicted octanol–water partition coefficient (Wildman–Crippen LogP) is 3.81.